The number of esters is 2. The molecule has 1 rings (SSSR count). The van der Waals surface area contributed by atoms with Gasteiger partial charge < -0.3 is 19.5 Å². The third-order valence-corrected chi connectivity index (χ3v) is 2.79. The maximum Gasteiger partial charge on any atom is 0.329 e. The molecule has 6 heteroatoms. The molecule has 0 amide bonds. The molecule has 0 fully saturated rings. The average Bonchev–Trinajstić information content (AvgIpc) is 2.45. The van der Waals surface area contributed by atoms with Crippen LogP contribution in [0.15, 0.2) is 24.3 Å². The van der Waals surface area contributed by atoms with E-state index >= 15 is 0 Å². The van der Waals surface area contributed by atoms with Crippen molar-refractivity contribution in [3.8, 4) is 5.75 Å². The van der Waals surface area contributed by atoms with E-state index in [9.17, 15) is 9.59 Å². The van der Waals surface area contributed by atoms with Gasteiger partial charge in [0.15, 0.2) is 0 Å². The van der Waals surface area contributed by atoms with E-state index < -0.39 is 23.6 Å². The Morgan fingerprint density at radius 2 is 1.78 bits per heavy atom. The van der Waals surface area contributed by atoms with E-state index in [-0.39, 0.29) is 13.0 Å². The predicted molar refractivity (Wildman–Crippen MR) is 87.5 cm³/mol. The summed E-state index contributed by atoms with van der Waals surface area (Å²) < 4.78 is 15.4. The molecule has 0 heterocycles. The van der Waals surface area contributed by atoms with Gasteiger partial charge in [0.1, 0.15) is 17.4 Å². The summed E-state index contributed by atoms with van der Waals surface area (Å²) in [5, 5.41) is 3.00. The molecule has 1 unspecified atom stereocenters. The summed E-state index contributed by atoms with van der Waals surface area (Å²) >= 11 is 0. The minimum Gasteiger partial charge on any atom is -0.497 e. The molecule has 1 aromatic rings. The number of hydrogen-bond donors (Lipinski definition) is 1. The van der Waals surface area contributed by atoms with Crippen molar-refractivity contribution < 1.29 is 23.8 Å². The van der Waals surface area contributed by atoms with Crippen LogP contribution in [0.4, 0.5) is 5.69 Å². The van der Waals surface area contributed by atoms with Crippen LogP contribution < -0.4 is 10.1 Å². The Hall–Kier alpha value is -2.24. The molecule has 0 aliphatic heterocycles. The molecule has 0 radical (unpaired) electrons. The number of ether oxygens (including phenoxy) is 3. The first kappa shape index (κ1) is 18.8. The lowest BCUT2D eigenvalue weighted by molar-refractivity contribution is -0.158. The van der Waals surface area contributed by atoms with Crippen molar-refractivity contribution in [3.63, 3.8) is 0 Å². The Morgan fingerprint density at radius 3 is 2.26 bits per heavy atom. The Bertz CT molecular complexity index is 519. The van der Waals surface area contributed by atoms with Gasteiger partial charge in [0.25, 0.3) is 0 Å². The fourth-order valence-electron chi connectivity index (χ4n) is 1.87. The zero-order valence-corrected chi connectivity index (χ0v) is 14.3. The zero-order chi connectivity index (χ0) is 17.5. The predicted octanol–water partition coefficient (Wildman–Crippen LogP) is 2.77. The van der Waals surface area contributed by atoms with Crippen molar-refractivity contribution in [1.29, 1.82) is 0 Å². The van der Waals surface area contributed by atoms with Gasteiger partial charge in [0.05, 0.1) is 20.1 Å². The molecule has 23 heavy (non-hydrogen) atoms. The highest BCUT2D eigenvalue weighted by Crippen LogP contribution is 2.18. The number of methoxy groups -OCH3 is 1. The zero-order valence-electron chi connectivity index (χ0n) is 14.3. The Labute approximate surface area is 137 Å². The van der Waals surface area contributed by atoms with Crippen LogP contribution in [-0.2, 0) is 19.1 Å². The summed E-state index contributed by atoms with van der Waals surface area (Å²) in [6.45, 7) is 7.30. The molecule has 0 spiro atoms. The third-order valence-electron chi connectivity index (χ3n) is 2.79. The molecule has 0 saturated carbocycles. The topological polar surface area (TPSA) is 73.9 Å². The van der Waals surface area contributed by atoms with Crippen LogP contribution in [0, 0.1) is 0 Å². The van der Waals surface area contributed by atoms with Crippen LogP contribution in [0.1, 0.15) is 34.1 Å². The number of hydrogen-bond acceptors (Lipinski definition) is 6. The highest BCUT2D eigenvalue weighted by Gasteiger charge is 2.26. The molecular formula is C17H25NO5. The van der Waals surface area contributed by atoms with E-state index in [1.807, 2.05) is 0 Å². The second kappa shape index (κ2) is 8.41. The SMILES string of the molecule is CCOC(=O)C(CC(=O)OC(C)(C)C)Nc1ccc(OC)cc1. The minimum atomic E-state index is -0.807. The van der Waals surface area contributed by atoms with Crippen molar-refractivity contribution in [2.75, 3.05) is 19.0 Å². The van der Waals surface area contributed by atoms with E-state index in [1.165, 1.54) is 0 Å². The second-order valence-corrected chi connectivity index (χ2v) is 5.97. The Kier molecular flexibility index (Phi) is 6.88. The summed E-state index contributed by atoms with van der Waals surface area (Å²) in [6, 6.07) is 6.24. The van der Waals surface area contributed by atoms with Gasteiger partial charge in [-0.15, -0.1) is 0 Å². The minimum absolute atomic E-state index is 0.109. The van der Waals surface area contributed by atoms with Crippen molar-refractivity contribution >= 4 is 17.6 Å². The van der Waals surface area contributed by atoms with Crippen LogP contribution in [0.3, 0.4) is 0 Å². The van der Waals surface area contributed by atoms with Gasteiger partial charge in [-0.05, 0) is 52.0 Å². The Morgan fingerprint density at radius 1 is 1.17 bits per heavy atom. The van der Waals surface area contributed by atoms with E-state index in [0.717, 1.165) is 0 Å². The first-order valence-electron chi connectivity index (χ1n) is 7.54. The first-order valence-corrected chi connectivity index (χ1v) is 7.54. The fraction of sp³-hybridized carbons (Fsp3) is 0.529. The van der Waals surface area contributed by atoms with Crippen molar-refractivity contribution in [3.05, 3.63) is 24.3 Å². The molecule has 0 saturated heterocycles. The lowest BCUT2D eigenvalue weighted by Gasteiger charge is -2.22. The van der Waals surface area contributed by atoms with Gasteiger partial charge in [-0.2, -0.15) is 0 Å². The summed E-state index contributed by atoms with van der Waals surface area (Å²) in [5.41, 5.74) is 0.0866. The molecule has 0 aliphatic rings. The number of carbonyl (C=O) groups excluding carboxylic acids is 2. The van der Waals surface area contributed by atoms with Crippen molar-refractivity contribution in [2.24, 2.45) is 0 Å². The third kappa shape index (κ3) is 7.04. The van der Waals surface area contributed by atoms with Gasteiger partial charge in [-0.25, -0.2) is 4.79 Å². The van der Waals surface area contributed by atoms with Gasteiger partial charge in [-0.3, -0.25) is 4.79 Å². The molecule has 0 aliphatic carbocycles. The monoisotopic (exact) mass is 323 g/mol. The smallest absolute Gasteiger partial charge is 0.329 e. The number of anilines is 1. The highest BCUT2D eigenvalue weighted by atomic mass is 16.6. The maximum atomic E-state index is 12.1. The van der Waals surface area contributed by atoms with Crippen LogP contribution >= 0.6 is 0 Å². The van der Waals surface area contributed by atoms with E-state index in [4.69, 9.17) is 14.2 Å². The quantitative estimate of drug-likeness (QED) is 0.778. The molecule has 1 aromatic carbocycles. The van der Waals surface area contributed by atoms with E-state index in [0.29, 0.717) is 11.4 Å². The molecule has 1 N–H and O–H groups in total. The lowest BCUT2D eigenvalue weighted by atomic mass is 10.1. The number of carbonyl (C=O) groups is 2. The number of nitrogens with one attached hydrogen (secondary N) is 1. The standard InChI is InChI=1S/C17H25NO5/c1-6-22-16(20)14(11-15(19)23-17(2,3)4)18-12-7-9-13(21-5)10-8-12/h7-10,14,18H,6,11H2,1-5H3. The van der Waals surface area contributed by atoms with Gasteiger partial charge in [0.2, 0.25) is 0 Å². The van der Waals surface area contributed by atoms with E-state index in [1.54, 1.807) is 59.1 Å². The van der Waals surface area contributed by atoms with Crippen LogP contribution in [0.25, 0.3) is 0 Å². The van der Waals surface area contributed by atoms with E-state index in [2.05, 4.69) is 5.32 Å². The maximum absolute atomic E-state index is 12.1. The normalized spacial score (nSPS) is 12.2. The first-order chi connectivity index (χ1) is 10.7. The van der Waals surface area contributed by atoms with Gasteiger partial charge in [-0.1, -0.05) is 0 Å². The van der Waals surface area contributed by atoms with Crippen LogP contribution in [0.5, 0.6) is 5.75 Å². The molecule has 6 nitrogen and oxygen atoms in total. The summed E-state index contributed by atoms with van der Waals surface area (Å²) in [5.74, 6) is -0.249. The molecule has 1 atom stereocenters. The fourth-order valence-corrected chi connectivity index (χ4v) is 1.87. The van der Waals surface area contributed by atoms with Crippen molar-refractivity contribution in [2.45, 2.75) is 45.8 Å². The molecule has 0 aromatic heterocycles. The lowest BCUT2D eigenvalue weighted by Crippen LogP contribution is -2.36. The molecular weight excluding hydrogens is 298 g/mol. The molecule has 0 bridgehead atoms. The van der Waals surface area contributed by atoms with Crippen molar-refractivity contribution in [1.82, 2.24) is 0 Å². The average molecular weight is 323 g/mol. The molecule has 128 valence electrons. The highest BCUT2D eigenvalue weighted by molar-refractivity contribution is 5.85. The van der Waals surface area contributed by atoms with Crippen LogP contribution in [-0.4, -0.2) is 37.3 Å². The number of benzene rings is 1. The summed E-state index contributed by atoms with van der Waals surface area (Å²) in [7, 11) is 1.58. The largest absolute Gasteiger partial charge is 0.497 e. The van der Waals surface area contributed by atoms with Gasteiger partial charge >= 0.3 is 11.9 Å². The summed E-state index contributed by atoms with van der Waals surface area (Å²) in [4.78, 5) is 24.0. The second-order valence-electron chi connectivity index (χ2n) is 5.97. The Balaban J connectivity index is 2.79. The summed E-state index contributed by atoms with van der Waals surface area (Å²) in [6.07, 6.45) is -0.109. The van der Waals surface area contributed by atoms with Crippen LogP contribution in [0.2, 0.25) is 0 Å². The van der Waals surface area contributed by atoms with Gasteiger partial charge in [0, 0.05) is 5.69 Å². The number of rotatable bonds is 7.